The van der Waals surface area contributed by atoms with Crippen LogP contribution in [0, 0.1) is 0 Å². The minimum atomic E-state index is -1.39. The van der Waals surface area contributed by atoms with Gasteiger partial charge in [-0.2, -0.15) is 0 Å². The van der Waals surface area contributed by atoms with E-state index in [1.165, 1.54) is 7.11 Å². The van der Waals surface area contributed by atoms with Crippen molar-refractivity contribution < 1.29 is 52.6 Å². The summed E-state index contributed by atoms with van der Waals surface area (Å²) in [6.07, 6.45) is -8.32. The van der Waals surface area contributed by atoms with Crippen molar-refractivity contribution in [3.8, 4) is 0 Å². The zero-order valence-electron chi connectivity index (χ0n) is 34.1. The van der Waals surface area contributed by atoms with Crippen LogP contribution in [-0.2, 0) is 64.3 Å². The first kappa shape index (κ1) is 42.6. The molecular formula is C49H51NO11. The van der Waals surface area contributed by atoms with E-state index in [1.54, 1.807) is 24.3 Å². The lowest BCUT2D eigenvalue weighted by molar-refractivity contribution is -0.335. The lowest BCUT2D eigenvalue weighted by Crippen LogP contribution is -2.66. The van der Waals surface area contributed by atoms with Crippen LogP contribution in [0.5, 0.6) is 0 Å². The third kappa shape index (κ3) is 9.84. The molecule has 10 atom stereocenters. The Hall–Kier alpha value is -5.12. The molecule has 61 heavy (non-hydrogen) atoms. The number of hydrogen-bond acceptors (Lipinski definition) is 11. The van der Waals surface area contributed by atoms with E-state index in [0.717, 1.165) is 27.2 Å². The third-order valence-electron chi connectivity index (χ3n) is 11.3. The SMILES string of the molecule is COC1OC(COC2OC(C)C(OCc3ccccc3)C(OCc3ccccc3)C2OCc2ccccc2)C(O)C(OCc2ccccc2)C1N1C(=O)c2ccccc2C1=O. The summed E-state index contributed by atoms with van der Waals surface area (Å²) in [6.45, 7) is 2.61. The van der Waals surface area contributed by atoms with E-state index >= 15 is 0 Å². The molecule has 12 heteroatoms. The van der Waals surface area contributed by atoms with Crippen LogP contribution in [0.25, 0.3) is 0 Å². The molecule has 318 valence electrons. The van der Waals surface area contributed by atoms with Crippen molar-refractivity contribution in [3.05, 3.63) is 179 Å². The highest BCUT2D eigenvalue weighted by molar-refractivity contribution is 6.21. The molecule has 3 heterocycles. The van der Waals surface area contributed by atoms with Gasteiger partial charge in [-0.1, -0.05) is 133 Å². The van der Waals surface area contributed by atoms with Crippen LogP contribution in [0.3, 0.4) is 0 Å². The number of carbonyl (C=O) groups is 2. The Bertz CT molecular complexity index is 2130. The Morgan fingerprint density at radius 3 is 1.38 bits per heavy atom. The minimum Gasteiger partial charge on any atom is -0.388 e. The van der Waals surface area contributed by atoms with Crippen molar-refractivity contribution in [1.82, 2.24) is 4.90 Å². The molecule has 0 saturated carbocycles. The minimum absolute atomic E-state index is 0.0791. The summed E-state index contributed by atoms with van der Waals surface area (Å²) in [4.78, 5) is 28.8. The second-order valence-corrected chi connectivity index (χ2v) is 15.4. The lowest BCUT2D eigenvalue weighted by Gasteiger charge is -2.48. The highest BCUT2D eigenvalue weighted by atomic mass is 16.7. The molecule has 1 N–H and O–H groups in total. The fourth-order valence-corrected chi connectivity index (χ4v) is 8.14. The molecule has 10 unspecified atom stereocenters. The first-order valence-electron chi connectivity index (χ1n) is 20.6. The van der Waals surface area contributed by atoms with E-state index < -0.39 is 73.2 Å². The number of aliphatic hydroxyl groups excluding tert-OH is 1. The molecule has 3 aliphatic rings. The van der Waals surface area contributed by atoms with Gasteiger partial charge in [0.2, 0.25) is 0 Å². The summed E-state index contributed by atoms with van der Waals surface area (Å²) in [5.41, 5.74) is 4.25. The molecule has 0 aliphatic carbocycles. The smallest absolute Gasteiger partial charge is 0.262 e. The quantitative estimate of drug-likeness (QED) is 0.103. The number of carbonyl (C=O) groups excluding carboxylic acids is 2. The lowest BCUT2D eigenvalue weighted by atomic mass is 9.95. The van der Waals surface area contributed by atoms with Crippen molar-refractivity contribution in [2.45, 2.75) is 94.7 Å². The number of rotatable bonds is 17. The summed E-state index contributed by atoms with van der Waals surface area (Å²) >= 11 is 0. The van der Waals surface area contributed by atoms with Crippen molar-refractivity contribution >= 4 is 11.8 Å². The van der Waals surface area contributed by atoms with Crippen LogP contribution in [0.4, 0.5) is 0 Å². The molecule has 5 aromatic rings. The number of amides is 2. The van der Waals surface area contributed by atoms with E-state index in [2.05, 4.69) is 0 Å². The van der Waals surface area contributed by atoms with Gasteiger partial charge in [-0.25, -0.2) is 0 Å². The Balaban J connectivity index is 1.06. The third-order valence-corrected chi connectivity index (χ3v) is 11.3. The Kier molecular flexibility index (Phi) is 14.1. The zero-order chi connectivity index (χ0) is 42.1. The van der Waals surface area contributed by atoms with Gasteiger partial charge in [0.05, 0.1) is 50.3 Å². The predicted octanol–water partition coefficient (Wildman–Crippen LogP) is 6.49. The van der Waals surface area contributed by atoms with Crippen LogP contribution in [0.2, 0.25) is 0 Å². The maximum Gasteiger partial charge on any atom is 0.262 e. The molecule has 2 fully saturated rings. The van der Waals surface area contributed by atoms with Crippen molar-refractivity contribution in [3.63, 3.8) is 0 Å². The molecule has 5 aromatic carbocycles. The van der Waals surface area contributed by atoms with E-state index in [-0.39, 0.29) is 37.6 Å². The van der Waals surface area contributed by atoms with Gasteiger partial charge in [0.15, 0.2) is 12.6 Å². The molecule has 3 aliphatic heterocycles. The fraction of sp³-hybridized carbons (Fsp3) is 0.347. The zero-order valence-corrected chi connectivity index (χ0v) is 34.1. The van der Waals surface area contributed by atoms with Gasteiger partial charge in [-0.15, -0.1) is 0 Å². The number of methoxy groups -OCH3 is 1. The normalized spacial score (nSPS) is 27.6. The van der Waals surface area contributed by atoms with Crippen LogP contribution in [0.15, 0.2) is 146 Å². The first-order valence-corrected chi connectivity index (χ1v) is 20.6. The van der Waals surface area contributed by atoms with Gasteiger partial charge < -0.3 is 43.0 Å². The predicted molar refractivity (Wildman–Crippen MR) is 223 cm³/mol. The maximum atomic E-state index is 13.8. The van der Waals surface area contributed by atoms with Gasteiger partial charge in [-0.3, -0.25) is 14.5 Å². The van der Waals surface area contributed by atoms with Crippen LogP contribution in [0.1, 0.15) is 49.9 Å². The number of ether oxygens (including phenoxy) is 8. The molecule has 0 radical (unpaired) electrons. The van der Waals surface area contributed by atoms with Crippen LogP contribution >= 0.6 is 0 Å². The molecule has 12 nitrogen and oxygen atoms in total. The second kappa shape index (κ2) is 20.2. The summed E-state index contributed by atoms with van der Waals surface area (Å²) in [5, 5.41) is 12.2. The van der Waals surface area contributed by atoms with Crippen LogP contribution < -0.4 is 0 Å². The summed E-state index contributed by atoms with van der Waals surface area (Å²) in [6, 6.07) is 44.4. The van der Waals surface area contributed by atoms with Crippen molar-refractivity contribution in [1.29, 1.82) is 0 Å². The van der Waals surface area contributed by atoms with Gasteiger partial charge >= 0.3 is 0 Å². The molecule has 0 spiro atoms. The number of benzene rings is 5. The summed E-state index contributed by atoms with van der Waals surface area (Å²) < 4.78 is 51.9. The highest BCUT2D eigenvalue weighted by Gasteiger charge is 2.55. The van der Waals surface area contributed by atoms with E-state index in [0.29, 0.717) is 6.61 Å². The number of hydrogen-bond donors (Lipinski definition) is 1. The maximum absolute atomic E-state index is 13.8. The molecule has 2 amide bonds. The highest BCUT2D eigenvalue weighted by Crippen LogP contribution is 2.36. The summed E-state index contributed by atoms with van der Waals surface area (Å²) in [5.74, 6) is -1.06. The molecule has 0 bridgehead atoms. The van der Waals surface area contributed by atoms with E-state index in [4.69, 9.17) is 37.9 Å². The monoisotopic (exact) mass is 829 g/mol. The Labute approximate surface area is 355 Å². The van der Waals surface area contributed by atoms with Crippen LogP contribution in [-0.4, -0.2) is 96.9 Å². The standard InChI is InChI=1S/C49H51NO11/c1-32-42(55-27-33-17-7-3-8-18-33)44(57-29-35-21-11-5-12-22-35)45(58-30-36-23-13-6-14-24-36)49(60-32)59-31-39-41(51)43(56-28-34-19-9-4-10-20-34)40(48(54-2)61-39)50-46(52)37-25-15-16-26-38(37)47(50)53/h3-26,32,39-45,48-49,51H,27-31H2,1-2H3. The second-order valence-electron chi connectivity index (χ2n) is 15.4. The largest absolute Gasteiger partial charge is 0.388 e. The van der Waals surface area contributed by atoms with E-state index in [9.17, 15) is 14.7 Å². The molecule has 8 rings (SSSR count). The molecule has 0 aromatic heterocycles. The Morgan fingerprint density at radius 2 is 0.918 bits per heavy atom. The number of fused-ring (bicyclic) bond motifs is 1. The fourth-order valence-electron chi connectivity index (χ4n) is 8.14. The van der Waals surface area contributed by atoms with Gasteiger partial charge in [-0.05, 0) is 41.3 Å². The molecular weight excluding hydrogens is 779 g/mol. The van der Waals surface area contributed by atoms with Crippen molar-refractivity contribution in [2.75, 3.05) is 13.7 Å². The van der Waals surface area contributed by atoms with E-state index in [1.807, 2.05) is 128 Å². The Morgan fingerprint density at radius 1 is 0.508 bits per heavy atom. The summed E-state index contributed by atoms with van der Waals surface area (Å²) in [7, 11) is 1.42. The number of imide groups is 1. The average molecular weight is 830 g/mol. The topological polar surface area (TPSA) is 131 Å². The van der Waals surface area contributed by atoms with Gasteiger partial charge in [0, 0.05) is 7.11 Å². The number of nitrogens with zero attached hydrogens (tertiary/aromatic N) is 1. The average Bonchev–Trinajstić information content (AvgIpc) is 3.55. The first-order chi connectivity index (χ1) is 29.9. The van der Waals surface area contributed by atoms with Crippen molar-refractivity contribution in [2.24, 2.45) is 0 Å². The van der Waals surface area contributed by atoms with Gasteiger partial charge in [0.1, 0.15) is 42.7 Å². The van der Waals surface area contributed by atoms with Gasteiger partial charge in [0.25, 0.3) is 11.8 Å². The number of aliphatic hydroxyl groups is 1. The molecule has 2 saturated heterocycles.